The molecule has 6 heteroatoms. The van der Waals surface area contributed by atoms with Crippen LogP contribution in [0.1, 0.15) is 31.7 Å². The SMILES string of the molecule is CC(C)(NC(=O)C1(C(=O)O)CC1)c1nccs1. The number of hydrogen-bond donors (Lipinski definition) is 2. The van der Waals surface area contributed by atoms with Gasteiger partial charge in [0.2, 0.25) is 5.91 Å². The maximum atomic E-state index is 12.0. The smallest absolute Gasteiger partial charge is 0.319 e. The third-order valence-electron chi connectivity index (χ3n) is 2.99. The minimum absolute atomic E-state index is 0.412. The molecule has 17 heavy (non-hydrogen) atoms. The van der Waals surface area contributed by atoms with E-state index in [0.717, 1.165) is 5.01 Å². The molecule has 5 nitrogen and oxygen atoms in total. The van der Waals surface area contributed by atoms with Crippen LogP contribution in [0.5, 0.6) is 0 Å². The molecule has 1 amide bonds. The zero-order valence-corrected chi connectivity index (χ0v) is 10.5. The van der Waals surface area contributed by atoms with Gasteiger partial charge in [-0.2, -0.15) is 0 Å². The number of aliphatic carboxylic acids is 1. The molecule has 0 aromatic carbocycles. The van der Waals surface area contributed by atoms with Crippen molar-refractivity contribution in [2.24, 2.45) is 5.41 Å². The first-order valence-electron chi connectivity index (χ1n) is 5.34. The molecule has 1 saturated carbocycles. The maximum Gasteiger partial charge on any atom is 0.319 e. The van der Waals surface area contributed by atoms with Crippen LogP contribution >= 0.6 is 11.3 Å². The number of carboxylic acids is 1. The highest BCUT2D eigenvalue weighted by molar-refractivity contribution is 7.09. The fourth-order valence-corrected chi connectivity index (χ4v) is 2.37. The minimum Gasteiger partial charge on any atom is -0.480 e. The Balaban J connectivity index is 2.12. The second-order valence-electron chi connectivity index (χ2n) is 4.80. The fourth-order valence-electron chi connectivity index (χ4n) is 1.65. The number of nitrogens with one attached hydrogen (secondary N) is 1. The van der Waals surface area contributed by atoms with Crippen LogP contribution in [0.4, 0.5) is 0 Å². The molecule has 1 aromatic heterocycles. The van der Waals surface area contributed by atoms with Crippen molar-refractivity contribution in [2.75, 3.05) is 0 Å². The summed E-state index contributed by atoms with van der Waals surface area (Å²) >= 11 is 1.44. The molecule has 1 aliphatic rings. The van der Waals surface area contributed by atoms with E-state index in [1.54, 1.807) is 6.20 Å². The topological polar surface area (TPSA) is 79.3 Å². The average molecular weight is 254 g/mol. The van der Waals surface area contributed by atoms with Crippen LogP contribution in [0.25, 0.3) is 0 Å². The van der Waals surface area contributed by atoms with Crippen LogP contribution in [0.2, 0.25) is 0 Å². The number of carboxylic acid groups (broad SMARTS) is 1. The normalized spacial score (nSPS) is 17.5. The maximum absolute atomic E-state index is 12.0. The lowest BCUT2D eigenvalue weighted by Gasteiger charge is -2.25. The molecule has 92 valence electrons. The molecule has 1 heterocycles. The van der Waals surface area contributed by atoms with Crippen molar-refractivity contribution in [1.29, 1.82) is 0 Å². The van der Waals surface area contributed by atoms with E-state index < -0.39 is 22.8 Å². The minimum atomic E-state index is -1.20. The van der Waals surface area contributed by atoms with Crippen LogP contribution in [-0.2, 0) is 15.1 Å². The molecular formula is C11H14N2O3S. The van der Waals surface area contributed by atoms with E-state index in [4.69, 9.17) is 5.11 Å². The molecule has 0 atom stereocenters. The largest absolute Gasteiger partial charge is 0.480 e. The van der Waals surface area contributed by atoms with Crippen molar-refractivity contribution < 1.29 is 14.7 Å². The lowest BCUT2D eigenvalue weighted by atomic mass is 10.0. The molecule has 0 bridgehead atoms. The predicted molar refractivity (Wildman–Crippen MR) is 62.6 cm³/mol. The highest BCUT2D eigenvalue weighted by Crippen LogP contribution is 2.46. The van der Waals surface area contributed by atoms with Gasteiger partial charge in [0.25, 0.3) is 0 Å². The van der Waals surface area contributed by atoms with Gasteiger partial charge >= 0.3 is 5.97 Å². The number of hydrogen-bond acceptors (Lipinski definition) is 4. The van der Waals surface area contributed by atoms with Gasteiger partial charge in [-0.05, 0) is 26.7 Å². The number of nitrogens with zero attached hydrogens (tertiary/aromatic N) is 1. The van der Waals surface area contributed by atoms with Crippen molar-refractivity contribution in [1.82, 2.24) is 10.3 Å². The second kappa shape index (κ2) is 3.80. The Kier molecular flexibility index (Phi) is 2.69. The Labute approximate surface area is 103 Å². The van der Waals surface area contributed by atoms with E-state index in [0.29, 0.717) is 12.8 Å². The van der Waals surface area contributed by atoms with Crippen molar-refractivity contribution >= 4 is 23.2 Å². The van der Waals surface area contributed by atoms with E-state index in [9.17, 15) is 9.59 Å². The molecule has 2 N–H and O–H groups in total. The molecule has 1 aromatic rings. The molecule has 0 radical (unpaired) electrons. The zero-order valence-electron chi connectivity index (χ0n) is 9.69. The summed E-state index contributed by atoms with van der Waals surface area (Å²) in [5.41, 5.74) is -1.83. The van der Waals surface area contributed by atoms with E-state index in [1.807, 2.05) is 19.2 Å². The molecule has 0 aliphatic heterocycles. The van der Waals surface area contributed by atoms with E-state index >= 15 is 0 Å². The first-order valence-corrected chi connectivity index (χ1v) is 6.22. The Morgan fingerprint density at radius 2 is 2.18 bits per heavy atom. The summed E-state index contributed by atoms with van der Waals surface area (Å²) in [5, 5.41) is 14.4. The average Bonchev–Trinajstić information content (AvgIpc) is 2.86. The van der Waals surface area contributed by atoms with Gasteiger partial charge in [0, 0.05) is 11.6 Å². The van der Waals surface area contributed by atoms with Crippen molar-refractivity contribution in [3.63, 3.8) is 0 Å². The monoisotopic (exact) mass is 254 g/mol. The lowest BCUT2D eigenvalue weighted by molar-refractivity contribution is -0.149. The summed E-state index contributed by atoms with van der Waals surface area (Å²) < 4.78 is 0. The first kappa shape index (κ1) is 12.0. The predicted octanol–water partition coefficient (Wildman–Crippen LogP) is 1.36. The molecule has 2 rings (SSSR count). The summed E-state index contributed by atoms with van der Waals surface area (Å²) in [6, 6.07) is 0. The molecule has 0 unspecified atom stereocenters. The van der Waals surface area contributed by atoms with Gasteiger partial charge in [-0.3, -0.25) is 9.59 Å². The second-order valence-corrected chi connectivity index (χ2v) is 5.70. The number of amides is 1. The molecule has 0 saturated heterocycles. The standard InChI is InChI=1S/C11H14N2O3S/c1-10(2,8-12-5-6-17-8)13-7(14)11(3-4-11)9(15)16/h5-6H,3-4H2,1-2H3,(H,13,14)(H,15,16). The van der Waals surface area contributed by atoms with Gasteiger partial charge in [-0.1, -0.05) is 0 Å². The number of rotatable bonds is 4. The highest BCUT2D eigenvalue weighted by Gasteiger charge is 2.57. The third kappa shape index (κ3) is 2.04. The summed E-state index contributed by atoms with van der Waals surface area (Å²) in [6.07, 6.45) is 2.50. The van der Waals surface area contributed by atoms with E-state index in [-0.39, 0.29) is 0 Å². The van der Waals surface area contributed by atoms with Gasteiger partial charge in [0.1, 0.15) is 10.4 Å². The number of carbonyl (C=O) groups is 2. The Bertz CT molecular complexity index is 449. The molecule has 1 aliphatic carbocycles. The van der Waals surface area contributed by atoms with Crippen LogP contribution in [-0.4, -0.2) is 22.0 Å². The van der Waals surface area contributed by atoms with Gasteiger partial charge in [0.15, 0.2) is 0 Å². The van der Waals surface area contributed by atoms with E-state index in [1.165, 1.54) is 11.3 Å². The zero-order chi connectivity index (χ0) is 12.7. The Morgan fingerprint density at radius 1 is 1.53 bits per heavy atom. The highest BCUT2D eigenvalue weighted by atomic mass is 32.1. The molecule has 0 spiro atoms. The van der Waals surface area contributed by atoms with Gasteiger partial charge in [-0.25, -0.2) is 4.98 Å². The quantitative estimate of drug-likeness (QED) is 0.795. The summed E-state index contributed by atoms with van der Waals surface area (Å²) in [4.78, 5) is 27.1. The van der Waals surface area contributed by atoms with Crippen LogP contribution in [0, 0.1) is 5.41 Å². The Hall–Kier alpha value is -1.43. The van der Waals surface area contributed by atoms with Crippen molar-refractivity contribution in [2.45, 2.75) is 32.2 Å². The van der Waals surface area contributed by atoms with Gasteiger partial charge in [-0.15, -0.1) is 11.3 Å². The molecular weight excluding hydrogens is 240 g/mol. The van der Waals surface area contributed by atoms with Crippen LogP contribution in [0.3, 0.4) is 0 Å². The molecule has 1 fully saturated rings. The summed E-state index contributed by atoms with van der Waals surface area (Å²) in [5.74, 6) is -1.45. The first-order chi connectivity index (χ1) is 7.88. The number of carbonyl (C=O) groups excluding carboxylic acids is 1. The number of aromatic nitrogens is 1. The summed E-state index contributed by atoms with van der Waals surface area (Å²) in [6.45, 7) is 3.64. The van der Waals surface area contributed by atoms with Crippen LogP contribution < -0.4 is 5.32 Å². The number of thiazole rings is 1. The van der Waals surface area contributed by atoms with Gasteiger partial charge in [0.05, 0.1) is 5.54 Å². The lowest BCUT2D eigenvalue weighted by Crippen LogP contribution is -2.46. The summed E-state index contributed by atoms with van der Waals surface area (Å²) in [7, 11) is 0. The van der Waals surface area contributed by atoms with Crippen LogP contribution in [0.15, 0.2) is 11.6 Å². The van der Waals surface area contributed by atoms with E-state index in [2.05, 4.69) is 10.3 Å². The third-order valence-corrected chi connectivity index (χ3v) is 4.08. The van der Waals surface area contributed by atoms with Crippen molar-refractivity contribution in [3.8, 4) is 0 Å². The Morgan fingerprint density at radius 3 is 2.59 bits per heavy atom. The van der Waals surface area contributed by atoms with Gasteiger partial charge < -0.3 is 10.4 Å². The fraction of sp³-hybridized carbons (Fsp3) is 0.545. The van der Waals surface area contributed by atoms with Crippen molar-refractivity contribution in [3.05, 3.63) is 16.6 Å².